The van der Waals surface area contributed by atoms with E-state index in [2.05, 4.69) is 10.3 Å². The third-order valence-corrected chi connectivity index (χ3v) is 4.35. The molecule has 0 spiro atoms. The zero-order valence-corrected chi connectivity index (χ0v) is 17.2. The van der Waals surface area contributed by atoms with Crippen molar-refractivity contribution in [1.29, 1.82) is 0 Å². The summed E-state index contributed by atoms with van der Waals surface area (Å²) in [5.74, 6) is 0.374. The largest absolute Gasteiger partial charge is 0.444 e. The van der Waals surface area contributed by atoms with Gasteiger partial charge in [-0.2, -0.15) is 0 Å². The van der Waals surface area contributed by atoms with Crippen LogP contribution >= 0.6 is 0 Å². The molecule has 1 heterocycles. The van der Waals surface area contributed by atoms with E-state index in [0.717, 1.165) is 5.56 Å². The van der Waals surface area contributed by atoms with Crippen molar-refractivity contribution in [3.8, 4) is 0 Å². The minimum atomic E-state index is -0.496. The lowest BCUT2D eigenvalue weighted by Crippen LogP contribution is -2.53. The molecular weight excluding hydrogens is 358 g/mol. The molecule has 0 saturated carbocycles. The van der Waals surface area contributed by atoms with Crippen molar-refractivity contribution in [2.24, 2.45) is 10.7 Å². The standard InChI is InChI=1S/C20H31N5O3/c1-20(2,3)28-19(27)25-12-10-24(11-13-25)18(21)23-9-8-15-6-5-7-16(14-15)17(26)22-4/h5-7,14H,8-13H2,1-4H3,(H2,21,23)(H,22,26). The fraction of sp³-hybridized carbons (Fsp3) is 0.550. The van der Waals surface area contributed by atoms with Crippen LogP contribution in [-0.4, -0.2) is 73.1 Å². The van der Waals surface area contributed by atoms with Gasteiger partial charge in [-0.25, -0.2) is 4.79 Å². The van der Waals surface area contributed by atoms with E-state index in [9.17, 15) is 9.59 Å². The maximum absolute atomic E-state index is 12.1. The lowest BCUT2D eigenvalue weighted by molar-refractivity contribution is 0.0186. The van der Waals surface area contributed by atoms with Crippen molar-refractivity contribution in [1.82, 2.24) is 15.1 Å². The Hall–Kier alpha value is -2.77. The first-order valence-corrected chi connectivity index (χ1v) is 9.53. The van der Waals surface area contributed by atoms with E-state index in [1.54, 1.807) is 18.0 Å². The Balaban J connectivity index is 1.82. The molecule has 1 fully saturated rings. The lowest BCUT2D eigenvalue weighted by Gasteiger charge is -2.36. The lowest BCUT2D eigenvalue weighted by atomic mass is 10.1. The summed E-state index contributed by atoms with van der Waals surface area (Å²) >= 11 is 0. The number of ether oxygens (including phenoxy) is 1. The van der Waals surface area contributed by atoms with Crippen molar-refractivity contribution in [2.75, 3.05) is 39.8 Å². The number of rotatable bonds is 4. The van der Waals surface area contributed by atoms with Gasteiger partial charge in [-0.05, 0) is 44.9 Å². The molecule has 0 bridgehead atoms. The van der Waals surface area contributed by atoms with E-state index in [1.165, 1.54) is 0 Å². The van der Waals surface area contributed by atoms with E-state index in [0.29, 0.717) is 50.7 Å². The average molecular weight is 390 g/mol. The number of hydrogen-bond donors (Lipinski definition) is 2. The first kappa shape index (κ1) is 21.5. The van der Waals surface area contributed by atoms with Crippen molar-refractivity contribution in [2.45, 2.75) is 32.8 Å². The van der Waals surface area contributed by atoms with Gasteiger partial charge in [0.2, 0.25) is 0 Å². The van der Waals surface area contributed by atoms with Gasteiger partial charge in [-0.3, -0.25) is 9.79 Å². The van der Waals surface area contributed by atoms with Crippen LogP contribution in [0.15, 0.2) is 29.3 Å². The SMILES string of the molecule is CNC(=O)c1cccc(CCN=C(N)N2CCN(C(=O)OC(C)(C)C)CC2)c1. The normalized spacial score (nSPS) is 15.4. The highest BCUT2D eigenvalue weighted by atomic mass is 16.6. The predicted octanol–water partition coefficient (Wildman–Crippen LogP) is 1.46. The molecule has 1 saturated heterocycles. The Bertz CT molecular complexity index is 719. The number of nitrogens with one attached hydrogen (secondary N) is 1. The fourth-order valence-electron chi connectivity index (χ4n) is 2.86. The number of carbonyl (C=O) groups is 2. The zero-order chi connectivity index (χ0) is 20.7. The number of nitrogens with zero attached hydrogens (tertiary/aromatic N) is 3. The average Bonchev–Trinajstić information content (AvgIpc) is 2.66. The highest BCUT2D eigenvalue weighted by molar-refractivity contribution is 5.94. The number of guanidine groups is 1. The van der Waals surface area contributed by atoms with Crippen LogP contribution in [0.25, 0.3) is 0 Å². The van der Waals surface area contributed by atoms with Crippen molar-refractivity contribution in [3.63, 3.8) is 0 Å². The summed E-state index contributed by atoms with van der Waals surface area (Å²) in [6.45, 7) is 8.47. The molecule has 0 unspecified atom stereocenters. The summed E-state index contributed by atoms with van der Waals surface area (Å²) in [6.07, 6.45) is 0.405. The van der Waals surface area contributed by atoms with Gasteiger partial charge < -0.3 is 25.6 Å². The molecule has 154 valence electrons. The molecule has 8 heteroatoms. The molecule has 0 radical (unpaired) electrons. The van der Waals surface area contributed by atoms with Crippen LogP contribution in [0.3, 0.4) is 0 Å². The summed E-state index contributed by atoms with van der Waals surface area (Å²) in [7, 11) is 1.61. The molecular formula is C20H31N5O3. The molecule has 28 heavy (non-hydrogen) atoms. The van der Waals surface area contributed by atoms with E-state index in [-0.39, 0.29) is 12.0 Å². The Morgan fingerprint density at radius 2 is 1.82 bits per heavy atom. The van der Waals surface area contributed by atoms with Crippen LogP contribution in [0.5, 0.6) is 0 Å². The van der Waals surface area contributed by atoms with Crippen LogP contribution in [0.4, 0.5) is 4.79 Å². The van der Waals surface area contributed by atoms with Crippen LogP contribution in [0, 0.1) is 0 Å². The second kappa shape index (κ2) is 9.43. The molecule has 1 aliphatic heterocycles. The fourth-order valence-corrected chi connectivity index (χ4v) is 2.86. The Kier molecular flexibility index (Phi) is 7.25. The van der Waals surface area contributed by atoms with Gasteiger partial charge in [0, 0.05) is 45.3 Å². The van der Waals surface area contributed by atoms with E-state index in [1.807, 2.05) is 43.9 Å². The van der Waals surface area contributed by atoms with Crippen LogP contribution in [0.2, 0.25) is 0 Å². The number of nitrogens with two attached hydrogens (primary N) is 1. The number of carbonyl (C=O) groups excluding carboxylic acids is 2. The zero-order valence-electron chi connectivity index (χ0n) is 17.2. The second-order valence-corrected chi connectivity index (χ2v) is 7.72. The third-order valence-electron chi connectivity index (χ3n) is 4.35. The van der Waals surface area contributed by atoms with Gasteiger partial charge in [-0.15, -0.1) is 0 Å². The molecule has 2 amide bonds. The maximum atomic E-state index is 12.1. The Labute approximate surface area is 166 Å². The third kappa shape index (κ3) is 6.44. The van der Waals surface area contributed by atoms with Gasteiger partial charge in [0.25, 0.3) is 5.91 Å². The molecule has 0 aliphatic carbocycles. The van der Waals surface area contributed by atoms with E-state index < -0.39 is 5.60 Å². The molecule has 3 N–H and O–H groups in total. The molecule has 0 aromatic heterocycles. The van der Waals surface area contributed by atoms with Gasteiger partial charge >= 0.3 is 6.09 Å². The second-order valence-electron chi connectivity index (χ2n) is 7.72. The molecule has 1 aromatic carbocycles. The molecule has 0 atom stereocenters. The van der Waals surface area contributed by atoms with Crippen LogP contribution in [0.1, 0.15) is 36.7 Å². The van der Waals surface area contributed by atoms with Gasteiger partial charge in [0.1, 0.15) is 5.60 Å². The number of piperazine rings is 1. The highest BCUT2D eigenvalue weighted by Crippen LogP contribution is 2.12. The quantitative estimate of drug-likeness (QED) is 0.600. The number of hydrogen-bond acceptors (Lipinski definition) is 4. The summed E-state index contributed by atoms with van der Waals surface area (Å²) in [6, 6.07) is 7.48. The number of aliphatic imine (C=N–C) groups is 1. The topological polar surface area (TPSA) is 100 Å². The predicted molar refractivity (Wildman–Crippen MR) is 109 cm³/mol. The number of amides is 2. The van der Waals surface area contributed by atoms with Crippen molar-refractivity contribution < 1.29 is 14.3 Å². The van der Waals surface area contributed by atoms with Gasteiger partial charge in [-0.1, -0.05) is 12.1 Å². The van der Waals surface area contributed by atoms with E-state index in [4.69, 9.17) is 10.5 Å². The summed E-state index contributed by atoms with van der Waals surface area (Å²) in [5.41, 5.74) is 7.29. The van der Waals surface area contributed by atoms with Crippen LogP contribution in [-0.2, 0) is 11.2 Å². The smallest absolute Gasteiger partial charge is 0.410 e. The summed E-state index contributed by atoms with van der Waals surface area (Å²) in [5, 5.41) is 2.62. The minimum absolute atomic E-state index is 0.104. The van der Waals surface area contributed by atoms with Gasteiger partial charge in [0.15, 0.2) is 5.96 Å². The molecule has 8 nitrogen and oxygen atoms in total. The van der Waals surface area contributed by atoms with Crippen molar-refractivity contribution in [3.05, 3.63) is 35.4 Å². The van der Waals surface area contributed by atoms with Crippen molar-refractivity contribution >= 4 is 18.0 Å². The first-order chi connectivity index (χ1) is 13.2. The molecule has 1 aliphatic rings. The summed E-state index contributed by atoms with van der Waals surface area (Å²) < 4.78 is 5.40. The Morgan fingerprint density at radius 1 is 1.18 bits per heavy atom. The van der Waals surface area contributed by atoms with Crippen LogP contribution < -0.4 is 11.1 Å². The molecule has 2 rings (SSSR count). The monoisotopic (exact) mass is 389 g/mol. The Morgan fingerprint density at radius 3 is 2.43 bits per heavy atom. The van der Waals surface area contributed by atoms with E-state index >= 15 is 0 Å². The first-order valence-electron chi connectivity index (χ1n) is 9.53. The minimum Gasteiger partial charge on any atom is -0.444 e. The summed E-state index contributed by atoms with van der Waals surface area (Å²) in [4.78, 5) is 31.9. The molecule has 1 aromatic rings. The van der Waals surface area contributed by atoms with Gasteiger partial charge in [0.05, 0.1) is 0 Å². The highest BCUT2D eigenvalue weighted by Gasteiger charge is 2.26. The maximum Gasteiger partial charge on any atom is 0.410 e. The number of benzene rings is 1.